The zero-order valence-corrected chi connectivity index (χ0v) is 12.7. The Morgan fingerprint density at radius 3 is 2.47 bits per heavy atom. The molecule has 4 rings (SSSR count). The van der Waals surface area contributed by atoms with Crippen LogP contribution in [-0.2, 0) is 4.74 Å². The topological polar surface area (TPSA) is 12.5 Å². The van der Waals surface area contributed by atoms with Gasteiger partial charge in [-0.2, -0.15) is 0 Å². The van der Waals surface area contributed by atoms with Gasteiger partial charge in [-0.25, -0.2) is 0 Å². The molecule has 2 bridgehead atoms. The number of ether oxygens (including phenoxy) is 1. The van der Waals surface area contributed by atoms with E-state index in [1.165, 1.54) is 0 Å². The molecule has 17 heavy (non-hydrogen) atoms. The van der Waals surface area contributed by atoms with Crippen molar-refractivity contribution in [1.29, 1.82) is 0 Å². The van der Waals surface area contributed by atoms with Crippen LogP contribution in [-0.4, -0.2) is 20.4 Å². The molecule has 0 amide bonds. The van der Waals surface area contributed by atoms with Crippen molar-refractivity contribution in [3.63, 3.8) is 0 Å². The van der Waals surface area contributed by atoms with Crippen molar-refractivity contribution in [3.8, 4) is 0 Å². The second-order valence-electron chi connectivity index (χ2n) is 5.13. The molecule has 0 aromatic rings. The summed E-state index contributed by atoms with van der Waals surface area (Å²) in [7, 11) is 0. The van der Waals surface area contributed by atoms with Gasteiger partial charge in [-0.05, 0) is 12.3 Å². The van der Waals surface area contributed by atoms with E-state index >= 15 is 0 Å². The largest absolute Gasteiger partial charge is 0.326 e. The zero-order chi connectivity index (χ0) is 12.4. The Morgan fingerprint density at radius 1 is 1.18 bits per heavy atom. The molecule has 0 aromatic carbocycles. The Labute approximate surface area is 128 Å². The summed E-state index contributed by atoms with van der Waals surface area (Å²) >= 11 is 38.5. The standard InChI is InChI=1S/C10H6Cl6O/c11-5-2-1-3-4(5)9(15)10(16,17-9)8(3,14)7(13)6(2)12/h2-5H,1H2/t2-,3+,4+,5+,8+,9+,10-/m1/s1. The van der Waals surface area contributed by atoms with Crippen LogP contribution in [0.5, 0.6) is 0 Å². The average molecular weight is 355 g/mol. The van der Waals surface area contributed by atoms with E-state index in [0.717, 1.165) is 6.42 Å². The molecule has 1 aliphatic heterocycles. The zero-order valence-electron chi connectivity index (χ0n) is 8.19. The molecular formula is C10H6Cl6O. The molecule has 7 atom stereocenters. The van der Waals surface area contributed by atoms with Gasteiger partial charge in [0.25, 0.3) is 0 Å². The Kier molecular flexibility index (Phi) is 2.17. The van der Waals surface area contributed by atoms with Crippen LogP contribution in [0.25, 0.3) is 0 Å². The second-order valence-corrected chi connectivity index (χ2v) is 8.11. The number of hydrogen-bond donors (Lipinski definition) is 0. The molecule has 3 fully saturated rings. The summed E-state index contributed by atoms with van der Waals surface area (Å²) in [5, 5.41) is -1.56. The van der Waals surface area contributed by atoms with Gasteiger partial charge >= 0.3 is 0 Å². The number of alkyl halides is 4. The fraction of sp³-hybridized carbons (Fsp3) is 0.800. The molecule has 0 N–H and O–H groups in total. The van der Waals surface area contributed by atoms with E-state index in [1.54, 1.807) is 0 Å². The van der Waals surface area contributed by atoms with E-state index in [2.05, 4.69) is 0 Å². The molecule has 2 saturated carbocycles. The molecular weight excluding hydrogens is 349 g/mol. The van der Waals surface area contributed by atoms with Gasteiger partial charge in [0, 0.05) is 22.2 Å². The number of fused-ring (bicyclic) bond motifs is 4. The molecule has 0 spiro atoms. The number of hydrogen-bond acceptors (Lipinski definition) is 1. The summed E-state index contributed by atoms with van der Waals surface area (Å²) in [5.41, 5.74) is 0. The van der Waals surface area contributed by atoms with Gasteiger partial charge in [0.05, 0.1) is 5.03 Å². The van der Waals surface area contributed by atoms with E-state index in [9.17, 15) is 0 Å². The van der Waals surface area contributed by atoms with E-state index in [-0.39, 0.29) is 23.1 Å². The maximum absolute atomic E-state index is 6.65. The van der Waals surface area contributed by atoms with Crippen LogP contribution in [0.1, 0.15) is 6.42 Å². The minimum atomic E-state index is -1.19. The summed E-state index contributed by atoms with van der Waals surface area (Å²) < 4.78 is 5.50. The van der Waals surface area contributed by atoms with Crippen LogP contribution in [0, 0.1) is 17.8 Å². The first kappa shape index (κ1) is 12.2. The van der Waals surface area contributed by atoms with E-state index in [0.29, 0.717) is 10.1 Å². The third kappa shape index (κ3) is 0.971. The predicted octanol–water partition coefficient (Wildman–Crippen LogP) is 4.44. The van der Waals surface area contributed by atoms with E-state index in [1.807, 2.05) is 0 Å². The molecule has 1 nitrogen and oxygen atoms in total. The normalized spacial score (nSPS) is 67.4. The monoisotopic (exact) mass is 352 g/mol. The third-order valence-corrected chi connectivity index (χ3v) is 8.54. The van der Waals surface area contributed by atoms with Crippen LogP contribution >= 0.6 is 69.6 Å². The summed E-state index contributed by atoms with van der Waals surface area (Å²) in [5.74, 6) is -0.0833. The highest BCUT2D eigenvalue weighted by atomic mass is 35.5. The van der Waals surface area contributed by atoms with Gasteiger partial charge in [0.2, 0.25) is 5.06 Å². The highest BCUT2D eigenvalue weighted by Crippen LogP contribution is 2.83. The highest BCUT2D eigenvalue weighted by Gasteiger charge is 2.93. The number of epoxide rings is 1. The molecule has 0 aromatic heterocycles. The summed E-state index contributed by atoms with van der Waals surface area (Å²) in [4.78, 5) is -1.04. The van der Waals surface area contributed by atoms with Gasteiger partial charge < -0.3 is 4.74 Å². The van der Waals surface area contributed by atoms with Crippen LogP contribution in [0.4, 0.5) is 0 Å². The molecule has 3 aliphatic carbocycles. The molecule has 1 saturated heterocycles. The van der Waals surface area contributed by atoms with Crippen LogP contribution in [0.15, 0.2) is 10.1 Å². The quantitative estimate of drug-likeness (QED) is 0.463. The van der Waals surface area contributed by atoms with Gasteiger partial charge in [-0.3, -0.25) is 0 Å². The maximum Gasteiger partial charge on any atom is 0.211 e. The lowest BCUT2D eigenvalue weighted by Crippen LogP contribution is -2.43. The molecule has 4 aliphatic rings. The molecule has 0 radical (unpaired) electrons. The van der Waals surface area contributed by atoms with Crippen molar-refractivity contribution in [1.82, 2.24) is 0 Å². The first-order chi connectivity index (χ1) is 7.79. The third-order valence-electron chi connectivity index (χ3n) is 4.62. The van der Waals surface area contributed by atoms with E-state index < -0.39 is 15.0 Å². The fourth-order valence-electron chi connectivity index (χ4n) is 3.80. The van der Waals surface area contributed by atoms with Crippen molar-refractivity contribution in [2.45, 2.75) is 26.8 Å². The minimum Gasteiger partial charge on any atom is -0.326 e. The van der Waals surface area contributed by atoms with Crippen LogP contribution in [0.3, 0.4) is 0 Å². The Bertz CT molecular complexity index is 479. The smallest absolute Gasteiger partial charge is 0.211 e. The van der Waals surface area contributed by atoms with E-state index in [4.69, 9.17) is 74.3 Å². The predicted molar refractivity (Wildman–Crippen MR) is 70.3 cm³/mol. The fourth-order valence-corrected chi connectivity index (χ4v) is 7.03. The maximum atomic E-state index is 6.65. The Balaban J connectivity index is 2.02. The average Bonchev–Trinajstić information content (AvgIpc) is 2.63. The lowest BCUT2D eigenvalue weighted by atomic mass is 9.84. The van der Waals surface area contributed by atoms with Crippen molar-refractivity contribution in [3.05, 3.63) is 10.1 Å². The van der Waals surface area contributed by atoms with Crippen LogP contribution < -0.4 is 0 Å². The number of halogens is 6. The SMILES string of the molecule is ClC1=C(Cl)[C@@]2(Cl)[C@H]3C[C@@H]1[C@H](Cl)[C@H]3[C@]1(Cl)O[C@@]12Cl. The summed E-state index contributed by atoms with van der Waals surface area (Å²) in [6.07, 6.45) is 0.768. The lowest BCUT2D eigenvalue weighted by molar-refractivity contribution is 0.174. The minimum absolute atomic E-state index is 0.00810. The first-order valence-corrected chi connectivity index (χ1v) is 7.58. The van der Waals surface area contributed by atoms with Gasteiger partial charge in [-0.15, -0.1) is 23.2 Å². The van der Waals surface area contributed by atoms with Crippen molar-refractivity contribution in [2.24, 2.45) is 17.8 Å². The van der Waals surface area contributed by atoms with Gasteiger partial charge in [0.1, 0.15) is 4.87 Å². The van der Waals surface area contributed by atoms with Gasteiger partial charge in [-0.1, -0.05) is 46.4 Å². The van der Waals surface area contributed by atoms with Crippen molar-refractivity contribution < 1.29 is 4.74 Å². The van der Waals surface area contributed by atoms with Crippen molar-refractivity contribution >= 4 is 69.6 Å². The molecule has 7 heteroatoms. The second kappa shape index (κ2) is 3.03. The lowest BCUT2D eigenvalue weighted by Gasteiger charge is -2.36. The van der Waals surface area contributed by atoms with Crippen LogP contribution in [0.2, 0.25) is 0 Å². The number of rotatable bonds is 0. The Hall–Kier alpha value is 1.44. The highest BCUT2D eigenvalue weighted by molar-refractivity contribution is 6.51. The van der Waals surface area contributed by atoms with Crippen molar-refractivity contribution in [2.75, 3.05) is 0 Å². The number of allylic oxidation sites excluding steroid dienone is 1. The summed E-state index contributed by atoms with van der Waals surface area (Å²) in [6.45, 7) is 0. The molecule has 1 heterocycles. The molecule has 94 valence electrons. The first-order valence-electron chi connectivity index (χ1n) is 5.25. The van der Waals surface area contributed by atoms with Gasteiger partial charge in [0.15, 0.2) is 5.06 Å². The Morgan fingerprint density at radius 2 is 1.82 bits per heavy atom. The summed E-state index contributed by atoms with van der Waals surface area (Å²) in [6, 6.07) is 0. The molecule has 0 unspecified atom stereocenters.